The highest BCUT2D eigenvalue weighted by atomic mass is 127. The van der Waals surface area contributed by atoms with Crippen LogP contribution in [0.25, 0.3) is 0 Å². The molecule has 0 aliphatic rings. The fourth-order valence-corrected chi connectivity index (χ4v) is 1.48. The first-order valence-electron chi connectivity index (χ1n) is 5.15. The fourth-order valence-electron chi connectivity index (χ4n) is 1.48. The van der Waals surface area contributed by atoms with Crippen LogP contribution < -0.4 is 28.5 Å². The third kappa shape index (κ3) is 3.89. The molecule has 0 radical (unpaired) electrons. The highest BCUT2D eigenvalue weighted by molar-refractivity contribution is 5.93. The van der Waals surface area contributed by atoms with Crippen LogP contribution in [0.3, 0.4) is 0 Å². The van der Waals surface area contributed by atoms with Crippen molar-refractivity contribution in [3.05, 3.63) is 60.2 Å². The lowest BCUT2D eigenvalue weighted by Gasteiger charge is -1.98. The molecule has 0 aliphatic carbocycles. The van der Waals surface area contributed by atoms with Crippen molar-refractivity contribution in [3.8, 4) is 0 Å². The molecule has 2 rings (SSSR count). The van der Waals surface area contributed by atoms with Crippen molar-refractivity contribution in [1.29, 1.82) is 0 Å². The monoisotopic (exact) mass is 340 g/mol. The number of hydrogen-bond acceptors (Lipinski definition) is 2. The van der Waals surface area contributed by atoms with E-state index in [1.54, 1.807) is 6.20 Å². The summed E-state index contributed by atoms with van der Waals surface area (Å²) < 4.78 is 1.84. The zero-order valence-electron chi connectivity index (χ0n) is 9.51. The molecule has 2 heterocycles. The summed E-state index contributed by atoms with van der Waals surface area (Å²) in [5.41, 5.74) is 1.58. The highest BCUT2D eigenvalue weighted by Gasteiger charge is 2.12. The maximum absolute atomic E-state index is 11.9. The number of carbonyl (C=O) groups is 1. The van der Waals surface area contributed by atoms with Crippen molar-refractivity contribution in [3.63, 3.8) is 0 Å². The molecule has 3 nitrogen and oxygen atoms in total. The van der Waals surface area contributed by atoms with E-state index in [0.29, 0.717) is 12.2 Å². The Hall–Kier alpha value is -1.30. The summed E-state index contributed by atoms with van der Waals surface area (Å²) in [6.07, 6.45) is 5.40. The molecular weight excluding hydrogens is 327 g/mol. The van der Waals surface area contributed by atoms with E-state index in [1.165, 1.54) is 0 Å². The molecule has 0 saturated carbocycles. The van der Waals surface area contributed by atoms with E-state index in [4.69, 9.17) is 0 Å². The topological polar surface area (TPSA) is 33.8 Å². The van der Waals surface area contributed by atoms with E-state index in [0.717, 1.165) is 5.56 Å². The van der Waals surface area contributed by atoms with Gasteiger partial charge in [0, 0.05) is 18.3 Å². The minimum absolute atomic E-state index is 0. The van der Waals surface area contributed by atoms with Gasteiger partial charge in [-0.1, -0.05) is 6.07 Å². The second-order valence-electron chi connectivity index (χ2n) is 3.69. The van der Waals surface area contributed by atoms with E-state index >= 15 is 0 Å². The van der Waals surface area contributed by atoms with Crippen molar-refractivity contribution in [2.45, 2.75) is 13.5 Å². The van der Waals surface area contributed by atoms with Gasteiger partial charge in [0.2, 0.25) is 12.3 Å². The molecule has 0 atom stereocenters. The van der Waals surface area contributed by atoms with Gasteiger partial charge in [-0.2, -0.15) is 4.57 Å². The number of ketones is 1. The summed E-state index contributed by atoms with van der Waals surface area (Å²) in [6, 6.07) is 9.41. The predicted molar refractivity (Wildman–Crippen MR) is 59.9 cm³/mol. The molecule has 0 amide bonds. The molecule has 0 unspecified atom stereocenters. The molecule has 0 aliphatic heterocycles. The molecule has 0 aromatic carbocycles. The number of aromatic nitrogens is 2. The quantitative estimate of drug-likeness (QED) is 0.390. The van der Waals surface area contributed by atoms with Crippen LogP contribution in [0.4, 0.5) is 0 Å². The largest absolute Gasteiger partial charge is 1.00 e. The summed E-state index contributed by atoms with van der Waals surface area (Å²) in [7, 11) is 0. The summed E-state index contributed by atoms with van der Waals surface area (Å²) in [6.45, 7) is 2.28. The Balaban J connectivity index is 0.00000144. The molecule has 0 bridgehead atoms. The van der Waals surface area contributed by atoms with Gasteiger partial charge in [-0.15, -0.1) is 0 Å². The predicted octanol–water partition coefficient (Wildman–Crippen LogP) is -1.44. The van der Waals surface area contributed by atoms with Gasteiger partial charge in [0.25, 0.3) is 0 Å². The molecule has 17 heavy (non-hydrogen) atoms. The first-order chi connectivity index (χ1) is 7.75. The number of halogens is 1. The van der Waals surface area contributed by atoms with Crippen LogP contribution in [0.15, 0.2) is 48.9 Å². The van der Waals surface area contributed by atoms with Gasteiger partial charge in [-0.05, 0) is 24.6 Å². The Morgan fingerprint density at radius 2 is 2.00 bits per heavy atom. The Morgan fingerprint density at radius 1 is 1.29 bits per heavy atom. The van der Waals surface area contributed by atoms with Gasteiger partial charge in [0.15, 0.2) is 12.4 Å². The van der Waals surface area contributed by atoms with Gasteiger partial charge in [-0.3, -0.25) is 9.78 Å². The van der Waals surface area contributed by atoms with E-state index in [1.807, 2.05) is 54.2 Å². The Labute approximate surface area is 118 Å². The zero-order chi connectivity index (χ0) is 11.4. The van der Waals surface area contributed by atoms with E-state index in [-0.39, 0.29) is 29.8 Å². The number of rotatable bonds is 3. The third-order valence-electron chi connectivity index (χ3n) is 2.30. The minimum Gasteiger partial charge on any atom is -1.00 e. The molecule has 0 N–H and O–H groups in total. The molecule has 88 valence electrons. The standard InChI is InChI=1S/C13H13N2O.HI/c1-11-5-6-14-12(9-11)13(16)10-15-7-3-2-4-8-15;/h2-9H,10H2,1H3;1H/q+1;/p-1. The zero-order valence-corrected chi connectivity index (χ0v) is 11.7. The van der Waals surface area contributed by atoms with Crippen molar-refractivity contribution in [1.82, 2.24) is 4.98 Å². The lowest BCUT2D eigenvalue weighted by atomic mass is 10.2. The number of carbonyl (C=O) groups excluding carboxylic acids is 1. The van der Waals surface area contributed by atoms with Crippen LogP contribution in [0, 0.1) is 6.92 Å². The number of nitrogens with zero attached hydrogens (tertiary/aromatic N) is 2. The minimum atomic E-state index is 0. The fraction of sp³-hybridized carbons (Fsp3) is 0.154. The average molecular weight is 340 g/mol. The molecule has 0 spiro atoms. The van der Waals surface area contributed by atoms with Crippen molar-refractivity contribution in [2.24, 2.45) is 0 Å². The van der Waals surface area contributed by atoms with Crippen LogP contribution in [0.5, 0.6) is 0 Å². The van der Waals surface area contributed by atoms with Gasteiger partial charge >= 0.3 is 0 Å². The van der Waals surface area contributed by atoms with Gasteiger partial charge in [0.05, 0.1) is 0 Å². The first-order valence-corrected chi connectivity index (χ1v) is 5.15. The molecule has 4 heteroatoms. The second kappa shape index (κ2) is 6.44. The summed E-state index contributed by atoms with van der Waals surface area (Å²) in [5.74, 6) is 0.0277. The number of Topliss-reactive ketones (excluding diaryl/α,β-unsaturated/α-hetero) is 1. The SMILES string of the molecule is Cc1ccnc(C(=O)C[n+]2ccccc2)c1.[I-]. The summed E-state index contributed by atoms with van der Waals surface area (Å²) >= 11 is 0. The first kappa shape index (κ1) is 13.8. The van der Waals surface area contributed by atoms with Gasteiger partial charge < -0.3 is 24.0 Å². The summed E-state index contributed by atoms with van der Waals surface area (Å²) in [5, 5.41) is 0. The maximum Gasteiger partial charge on any atom is 0.245 e. The van der Waals surface area contributed by atoms with Crippen molar-refractivity contribution >= 4 is 5.78 Å². The maximum atomic E-state index is 11.9. The molecule has 0 fully saturated rings. The van der Waals surface area contributed by atoms with E-state index in [9.17, 15) is 4.79 Å². The van der Waals surface area contributed by atoms with Crippen molar-refractivity contribution < 1.29 is 33.3 Å². The van der Waals surface area contributed by atoms with Crippen LogP contribution in [0.2, 0.25) is 0 Å². The highest BCUT2D eigenvalue weighted by Crippen LogP contribution is 2.00. The molecular formula is C13H13IN2O. The second-order valence-corrected chi connectivity index (χ2v) is 3.69. The average Bonchev–Trinajstić information content (AvgIpc) is 2.30. The third-order valence-corrected chi connectivity index (χ3v) is 2.30. The summed E-state index contributed by atoms with van der Waals surface area (Å²) in [4.78, 5) is 16.0. The van der Waals surface area contributed by atoms with Gasteiger partial charge in [-0.25, -0.2) is 0 Å². The Bertz CT molecular complexity index is 500. The Kier molecular flexibility index (Phi) is 5.21. The lowest BCUT2D eigenvalue weighted by molar-refractivity contribution is -0.683. The van der Waals surface area contributed by atoms with Crippen LogP contribution in [-0.2, 0) is 6.54 Å². The normalized spacial score (nSPS) is 9.47. The van der Waals surface area contributed by atoms with Crippen LogP contribution >= 0.6 is 0 Å². The van der Waals surface area contributed by atoms with Gasteiger partial charge in [0.1, 0.15) is 5.69 Å². The lowest BCUT2D eigenvalue weighted by Crippen LogP contribution is -3.00. The Morgan fingerprint density at radius 3 is 2.65 bits per heavy atom. The van der Waals surface area contributed by atoms with Crippen molar-refractivity contribution in [2.75, 3.05) is 0 Å². The number of pyridine rings is 2. The van der Waals surface area contributed by atoms with Crippen LogP contribution in [0.1, 0.15) is 16.1 Å². The van der Waals surface area contributed by atoms with E-state index in [2.05, 4.69) is 4.98 Å². The van der Waals surface area contributed by atoms with E-state index < -0.39 is 0 Å². The van der Waals surface area contributed by atoms with Crippen LogP contribution in [-0.4, -0.2) is 10.8 Å². The molecule has 2 aromatic rings. The molecule has 2 aromatic heterocycles. The smallest absolute Gasteiger partial charge is 0.245 e. The molecule has 0 saturated heterocycles. The number of hydrogen-bond donors (Lipinski definition) is 0. The number of aryl methyl sites for hydroxylation is 1.